The number of aromatic nitrogens is 2. The molecular formula is C22H26ClN3O3. The molecule has 1 N–H and O–H groups in total. The minimum absolute atomic E-state index is 0.225. The first-order chi connectivity index (χ1) is 13.9. The van der Waals surface area contributed by atoms with Gasteiger partial charge in [0.2, 0.25) is 0 Å². The van der Waals surface area contributed by atoms with Crippen LogP contribution in [-0.4, -0.2) is 15.7 Å². The van der Waals surface area contributed by atoms with E-state index in [0.29, 0.717) is 28.9 Å². The number of hydrogen-bond donors (Lipinski definition) is 1. The predicted molar refractivity (Wildman–Crippen MR) is 112 cm³/mol. The molecule has 2 aromatic heterocycles. The summed E-state index contributed by atoms with van der Waals surface area (Å²) in [7, 11) is 0. The summed E-state index contributed by atoms with van der Waals surface area (Å²) in [6, 6.07) is 9.57. The van der Waals surface area contributed by atoms with Gasteiger partial charge in [-0.25, -0.2) is 0 Å². The molecule has 0 radical (unpaired) electrons. The molecule has 0 aliphatic carbocycles. The summed E-state index contributed by atoms with van der Waals surface area (Å²) in [5, 5.41) is 7.62. The van der Waals surface area contributed by atoms with E-state index in [9.17, 15) is 4.79 Å². The molecule has 154 valence electrons. The van der Waals surface area contributed by atoms with Gasteiger partial charge in [0.25, 0.3) is 5.91 Å². The van der Waals surface area contributed by atoms with Crippen molar-refractivity contribution in [3.8, 4) is 5.75 Å². The predicted octanol–water partition coefficient (Wildman–Crippen LogP) is 5.09. The van der Waals surface area contributed by atoms with Crippen LogP contribution in [0.1, 0.15) is 59.8 Å². The van der Waals surface area contributed by atoms with E-state index in [4.69, 9.17) is 20.8 Å². The molecule has 0 saturated carbocycles. The smallest absolute Gasteiger partial charge is 0.287 e. The number of halogens is 1. The standard InChI is InChI=1S/C22H26ClN3O3/c1-5-26-12-18(23)19(25-26)11-24-22(27)20-9-7-16(29-20)13-28-21-10-15(4)6-8-17(21)14(2)3/h6-10,12,14H,5,11,13H2,1-4H3,(H,24,27). The van der Waals surface area contributed by atoms with E-state index >= 15 is 0 Å². The van der Waals surface area contributed by atoms with Gasteiger partial charge in [0.15, 0.2) is 5.76 Å². The molecule has 6 nitrogen and oxygen atoms in total. The molecular weight excluding hydrogens is 390 g/mol. The van der Waals surface area contributed by atoms with Crippen molar-refractivity contribution in [3.63, 3.8) is 0 Å². The van der Waals surface area contributed by atoms with Gasteiger partial charge in [-0.2, -0.15) is 5.10 Å². The van der Waals surface area contributed by atoms with Crippen molar-refractivity contribution in [1.29, 1.82) is 0 Å². The second-order valence-corrected chi connectivity index (χ2v) is 7.62. The second kappa shape index (κ2) is 9.18. The Labute approximate surface area is 175 Å². The molecule has 0 spiro atoms. The number of carbonyl (C=O) groups excluding carboxylic acids is 1. The highest BCUT2D eigenvalue weighted by molar-refractivity contribution is 6.31. The average Bonchev–Trinajstić information content (AvgIpc) is 3.30. The molecule has 0 aliphatic rings. The molecule has 0 unspecified atom stereocenters. The first-order valence-corrected chi connectivity index (χ1v) is 10.1. The lowest BCUT2D eigenvalue weighted by molar-refractivity contribution is 0.0918. The summed E-state index contributed by atoms with van der Waals surface area (Å²) in [5.41, 5.74) is 2.90. The summed E-state index contributed by atoms with van der Waals surface area (Å²) in [4.78, 5) is 12.4. The number of nitrogens with one attached hydrogen (secondary N) is 1. The fraction of sp³-hybridized carbons (Fsp3) is 0.364. The summed E-state index contributed by atoms with van der Waals surface area (Å²) in [6.45, 7) is 9.46. The number of aryl methyl sites for hydroxylation is 2. The van der Waals surface area contributed by atoms with Crippen LogP contribution in [0, 0.1) is 6.92 Å². The fourth-order valence-corrected chi connectivity index (χ4v) is 3.16. The number of rotatable bonds is 8. The molecule has 3 rings (SSSR count). The molecule has 0 atom stereocenters. The quantitative estimate of drug-likeness (QED) is 0.556. The maximum Gasteiger partial charge on any atom is 0.287 e. The molecule has 0 aliphatic heterocycles. The lowest BCUT2D eigenvalue weighted by atomic mass is 10.0. The Morgan fingerprint density at radius 2 is 2.10 bits per heavy atom. The van der Waals surface area contributed by atoms with E-state index in [-0.39, 0.29) is 24.8 Å². The van der Waals surface area contributed by atoms with Crippen LogP contribution in [0.15, 0.2) is 40.9 Å². The zero-order chi connectivity index (χ0) is 21.0. The van der Waals surface area contributed by atoms with Gasteiger partial charge in [0.1, 0.15) is 23.8 Å². The van der Waals surface area contributed by atoms with Crippen molar-refractivity contribution in [2.75, 3.05) is 0 Å². The SMILES string of the molecule is CCn1cc(Cl)c(CNC(=O)c2ccc(COc3cc(C)ccc3C(C)C)o2)n1. The monoisotopic (exact) mass is 415 g/mol. The molecule has 0 saturated heterocycles. The van der Waals surface area contributed by atoms with Crippen LogP contribution in [0.3, 0.4) is 0 Å². The van der Waals surface area contributed by atoms with Crippen LogP contribution < -0.4 is 10.1 Å². The number of benzene rings is 1. The first kappa shape index (κ1) is 21.0. The van der Waals surface area contributed by atoms with Gasteiger partial charge in [-0.3, -0.25) is 9.48 Å². The van der Waals surface area contributed by atoms with Crippen molar-refractivity contribution in [3.05, 3.63) is 69.9 Å². The van der Waals surface area contributed by atoms with Gasteiger partial charge in [0, 0.05) is 12.7 Å². The minimum atomic E-state index is -0.322. The first-order valence-electron chi connectivity index (χ1n) is 9.69. The highest BCUT2D eigenvalue weighted by Gasteiger charge is 2.14. The maximum absolute atomic E-state index is 12.4. The third kappa shape index (κ3) is 5.21. The van der Waals surface area contributed by atoms with Crippen molar-refractivity contribution in [2.45, 2.75) is 53.3 Å². The molecule has 3 aromatic rings. The van der Waals surface area contributed by atoms with Crippen LogP contribution in [0.4, 0.5) is 0 Å². The van der Waals surface area contributed by atoms with Crippen molar-refractivity contribution in [2.24, 2.45) is 0 Å². The number of nitrogens with zero attached hydrogens (tertiary/aromatic N) is 2. The van der Waals surface area contributed by atoms with Gasteiger partial charge in [-0.15, -0.1) is 0 Å². The Hall–Kier alpha value is -2.73. The third-order valence-electron chi connectivity index (χ3n) is 4.57. The van der Waals surface area contributed by atoms with Gasteiger partial charge in [-0.05, 0) is 49.1 Å². The Bertz CT molecular complexity index is 991. The van der Waals surface area contributed by atoms with E-state index in [0.717, 1.165) is 16.9 Å². The van der Waals surface area contributed by atoms with Gasteiger partial charge in [0.05, 0.1) is 11.6 Å². The van der Waals surface area contributed by atoms with Crippen LogP contribution in [-0.2, 0) is 19.7 Å². The van der Waals surface area contributed by atoms with E-state index < -0.39 is 0 Å². The van der Waals surface area contributed by atoms with Crippen molar-refractivity contribution >= 4 is 17.5 Å². The molecule has 29 heavy (non-hydrogen) atoms. The van der Waals surface area contributed by atoms with Crippen LogP contribution in [0.25, 0.3) is 0 Å². The third-order valence-corrected chi connectivity index (χ3v) is 4.89. The summed E-state index contributed by atoms with van der Waals surface area (Å²) >= 11 is 6.13. The van der Waals surface area contributed by atoms with E-state index in [1.54, 1.807) is 23.0 Å². The summed E-state index contributed by atoms with van der Waals surface area (Å²) in [6.07, 6.45) is 1.74. The van der Waals surface area contributed by atoms with Crippen LogP contribution >= 0.6 is 11.6 Å². The van der Waals surface area contributed by atoms with Crippen molar-refractivity contribution < 1.29 is 13.9 Å². The molecule has 0 fully saturated rings. The topological polar surface area (TPSA) is 69.3 Å². The Balaban J connectivity index is 1.60. The summed E-state index contributed by atoms with van der Waals surface area (Å²) < 4.78 is 13.3. The highest BCUT2D eigenvalue weighted by Crippen LogP contribution is 2.28. The molecule has 0 bridgehead atoms. The van der Waals surface area contributed by atoms with Crippen molar-refractivity contribution in [1.82, 2.24) is 15.1 Å². The number of amides is 1. The minimum Gasteiger partial charge on any atom is -0.485 e. The van der Waals surface area contributed by atoms with Crippen LogP contribution in [0.2, 0.25) is 5.02 Å². The lowest BCUT2D eigenvalue weighted by Crippen LogP contribution is -2.22. The summed E-state index contributed by atoms with van der Waals surface area (Å²) in [5.74, 6) is 1.68. The average molecular weight is 416 g/mol. The molecule has 7 heteroatoms. The van der Waals surface area contributed by atoms with E-state index in [1.165, 1.54) is 0 Å². The number of hydrogen-bond acceptors (Lipinski definition) is 4. The molecule has 1 amide bonds. The Kier molecular flexibility index (Phi) is 6.64. The van der Waals surface area contributed by atoms with Gasteiger partial charge >= 0.3 is 0 Å². The number of ether oxygens (including phenoxy) is 1. The fourth-order valence-electron chi connectivity index (χ4n) is 2.94. The maximum atomic E-state index is 12.4. The Morgan fingerprint density at radius 3 is 2.79 bits per heavy atom. The highest BCUT2D eigenvalue weighted by atomic mass is 35.5. The van der Waals surface area contributed by atoms with E-state index in [1.807, 2.05) is 19.9 Å². The zero-order valence-corrected chi connectivity index (χ0v) is 17.9. The lowest BCUT2D eigenvalue weighted by Gasteiger charge is -2.14. The largest absolute Gasteiger partial charge is 0.485 e. The van der Waals surface area contributed by atoms with Gasteiger partial charge in [-0.1, -0.05) is 37.6 Å². The Morgan fingerprint density at radius 1 is 1.31 bits per heavy atom. The molecule has 2 heterocycles. The number of furan rings is 1. The van der Waals surface area contributed by atoms with Crippen LogP contribution in [0.5, 0.6) is 5.75 Å². The zero-order valence-electron chi connectivity index (χ0n) is 17.2. The van der Waals surface area contributed by atoms with Gasteiger partial charge < -0.3 is 14.5 Å². The normalized spacial score (nSPS) is 11.1. The van der Waals surface area contributed by atoms with E-state index in [2.05, 4.69) is 36.4 Å². The second-order valence-electron chi connectivity index (χ2n) is 7.21. The number of carbonyl (C=O) groups is 1. The molecule has 1 aromatic carbocycles.